The van der Waals surface area contributed by atoms with Crippen LogP contribution in [0.5, 0.6) is 0 Å². The van der Waals surface area contributed by atoms with Crippen LogP contribution in [0.15, 0.2) is 61.2 Å². The van der Waals surface area contributed by atoms with Crippen molar-refractivity contribution in [3.8, 4) is 0 Å². The van der Waals surface area contributed by atoms with Crippen molar-refractivity contribution in [1.82, 2.24) is 0 Å². The Balaban J connectivity index is 2.21. The molecule has 2 aromatic rings. The second kappa shape index (κ2) is 13.4. The Bertz CT molecular complexity index is 722. The van der Waals surface area contributed by atoms with Crippen LogP contribution in [0.3, 0.4) is 0 Å². The third-order valence-electron chi connectivity index (χ3n) is 5.67. The van der Waals surface area contributed by atoms with Gasteiger partial charge in [-0.2, -0.15) is 0 Å². The summed E-state index contributed by atoms with van der Waals surface area (Å²) >= 11 is 0. The first-order valence-electron chi connectivity index (χ1n) is 11.2. The average molecular weight is 411 g/mol. The Morgan fingerprint density at radius 2 is 1.60 bits per heavy atom. The van der Waals surface area contributed by atoms with Gasteiger partial charge in [-0.1, -0.05) is 107 Å². The van der Waals surface area contributed by atoms with Crippen LogP contribution in [0.25, 0.3) is 6.08 Å². The molecule has 164 valence electrons. The van der Waals surface area contributed by atoms with Crippen molar-refractivity contribution in [2.45, 2.75) is 70.4 Å². The van der Waals surface area contributed by atoms with Gasteiger partial charge in [-0.15, -0.1) is 0 Å². The molecule has 0 aliphatic rings. The number of unbranched alkanes of at least 4 members (excludes halogenated alkanes) is 5. The lowest BCUT2D eigenvalue weighted by molar-refractivity contribution is -0.283. The van der Waals surface area contributed by atoms with Crippen LogP contribution in [0.4, 0.5) is 0 Å². The molecule has 1 unspecified atom stereocenters. The van der Waals surface area contributed by atoms with E-state index >= 15 is 0 Å². The van der Waals surface area contributed by atoms with Crippen molar-refractivity contribution in [2.75, 3.05) is 14.2 Å². The quantitative estimate of drug-likeness (QED) is 0.231. The van der Waals surface area contributed by atoms with Crippen LogP contribution < -0.4 is 0 Å². The molecular weight excluding hydrogens is 372 g/mol. The maximum Gasteiger partial charge on any atom is 0.221 e. The van der Waals surface area contributed by atoms with E-state index in [4.69, 9.17) is 14.2 Å². The van der Waals surface area contributed by atoms with E-state index in [1.165, 1.54) is 32.1 Å². The van der Waals surface area contributed by atoms with Crippen LogP contribution >= 0.6 is 0 Å². The van der Waals surface area contributed by atoms with Crippen molar-refractivity contribution in [3.05, 3.63) is 77.9 Å². The van der Waals surface area contributed by atoms with E-state index in [-0.39, 0.29) is 6.10 Å². The molecule has 3 nitrogen and oxygen atoms in total. The van der Waals surface area contributed by atoms with Crippen molar-refractivity contribution in [3.63, 3.8) is 0 Å². The molecule has 0 aliphatic heterocycles. The van der Waals surface area contributed by atoms with Crippen molar-refractivity contribution >= 4 is 6.08 Å². The predicted molar refractivity (Wildman–Crippen MR) is 125 cm³/mol. The van der Waals surface area contributed by atoms with Crippen molar-refractivity contribution in [1.29, 1.82) is 0 Å². The molecule has 2 aromatic carbocycles. The third-order valence-corrected chi connectivity index (χ3v) is 5.67. The minimum atomic E-state index is -0.961. The number of hydrogen-bond donors (Lipinski definition) is 0. The first-order valence-corrected chi connectivity index (χ1v) is 11.2. The molecule has 1 atom stereocenters. The molecule has 0 radical (unpaired) electrons. The summed E-state index contributed by atoms with van der Waals surface area (Å²) in [6.07, 6.45) is 9.90. The molecule has 30 heavy (non-hydrogen) atoms. The van der Waals surface area contributed by atoms with Crippen LogP contribution in [0.2, 0.25) is 0 Å². The van der Waals surface area contributed by atoms with E-state index in [1.807, 2.05) is 42.5 Å². The average Bonchev–Trinajstić information content (AvgIpc) is 2.81. The molecule has 0 aliphatic carbocycles. The zero-order valence-electron chi connectivity index (χ0n) is 18.9. The molecule has 0 saturated carbocycles. The number of benzene rings is 2. The van der Waals surface area contributed by atoms with E-state index in [2.05, 4.69) is 31.7 Å². The minimum absolute atomic E-state index is 0.223. The lowest BCUT2D eigenvalue weighted by atomic mass is 9.93. The maximum atomic E-state index is 6.46. The Kier molecular flexibility index (Phi) is 10.9. The first kappa shape index (κ1) is 24.3. The Labute approximate surface area is 183 Å². The number of ether oxygens (including phenoxy) is 3. The van der Waals surface area contributed by atoms with E-state index < -0.39 is 5.79 Å². The van der Waals surface area contributed by atoms with Gasteiger partial charge in [0.15, 0.2) is 0 Å². The predicted octanol–water partition coefficient (Wildman–Crippen LogP) is 7.11. The smallest absolute Gasteiger partial charge is 0.221 e. The molecule has 0 saturated heterocycles. The summed E-state index contributed by atoms with van der Waals surface area (Å²) in [5.74, 6) is -0.961. The molecule has 0 N–H and O–H groups in total. The van der Waals surface area contributed by atoms with Crippen LogP contribution in [0, 0.1) is 0 Å². The van der Waals surface area contributed by atoms with Crippen molar-refractivity contribution in [2.24, 2.45) is 0 Å². The summed E-state index contributed by atoms with van der Waals surface area (Å²) in [7, 11) is 3.40. The fourth-order valence-corrected chi connectivity index (χ4v) is 3.91. The fraction of sp³-hybridized carbons (Fsp3) is 0.481. The fourth-order valence-electron chi connectivity index (χ4n) is 3.91. The van der Waals surface area contributed by atoms with Gasteiger partial charge in [0.05, 0.1) is 6.61 Å². The molecular formula is C27H38O3. The summed E-state index contributed by atoms with van der Waals surface area (Å²) in [6, 6.07) is 18.4. The minimum Gasteiger partial charge on any atom is -0.368 e. The second-order valence-electron chi connectivity index (χ2n) is 7.75. The summed E-state index contributed by atoms with van der Waals surface area (Å²) in [4.78, 5) is 0. The summed E-state index contributed by atoms with van der Waals surface area (Å²) in [5.41, 5.74) is 3.13. The van der Waals surface area contributed by atoms with Crippen molar-refractivity contribution < 1.29 is 14.2 Å². The maximum absolute atomic E-state index is 6.46. The van der Waals surface area contributed by atoms with Gasteiger partial charge in [-0.3, -0.25) is 0 Å². The molecule has 0 bridgehead atoms. The standard InChI is InChI=1S/C27H38O3/c1-5-7-8-9-10-14-20-26(30-22-24-16-12-11-13-17-24)27(28-3,29-4)25-19-15-18-23(6-2)21-25/h6,11-13,15-19,21,26H,2,5,7-10,14,20,22H2,1,3-4H3. The van der Waals surface area contributed by atoms with Crippen LogP contribution in [-0.4, -0.2) is 20.3 Å². The van der Waals surface area contributed by atoms with Gasteiger partial charge in [-0.25, -0.2) is 0 Å². The molecule has 0 amide bonds. The topological polar surface area (TPSA) is 27.7 Å². The summed E-state index contributed by atoms with van der Waals surface area (Å²) in [6.45, 7) is 6.67. The number of methoxy groups -OCH3 is 2. The van der Waals surface area contributed by atoms with Gasteiger partial charge in [0.25, 0.3) is 0 Å². The summed E-state index contributed by atoms with van der Waals surface area (Å²) < 4.78 is 18.5. The molecule has 0 spiro atoms. The largest absolute Gasteiger partial charge is 0.368 e. The highest BCUT2D eigenvalue weighted by atomic mass is 16.7. The van der Waals surface area contributed by atoms with E-state index in [9.17, 15) is 0 Å². The lowest BCUT2D eigenvalue weighted by Crippen LogP contribution is -2.45. The van der Waals surface area contributed by atoms with Gasteiger partial charge >= 0.3 is 0 Å². The number of hydrogen-bond acceptors (Lipinski definition) is 3. The van der Waals surface area contributed by atoms with E-state index in [0.29, 0.717) is 6.61 Å². The Morgan fingerprint density at radius 3 is 2.27 bits per heavy atom. The van der Waals surface area contributed by atoms with Gasteiger partial charge < -0.3 is 14.2 Å². The van der Waals surface area contributed by atoms with E-state index in [1.54, 1.807) is 14.2 Å². The normalized spacial score (nSPS) is 12.6. The van der Waals surface area contributed by atoms with E-state index in [0.717, 1.165) is 29.5 Å². The second-order valence-corrected chi connectivity index (χ2v) is 7.75. The van der Waals surface area contributed by atoms with Crippen LogP contribution in [-0.2, 0) is 26.6 Å². The first-order chi connectivity index (χ1) is 14.7. The molecule has 0 aromatic heterocycles. The zero-order chi connectivity index (χ0) is 21.7. The zero-order valence-corrected chi connectivity index (χ0v) is 18.9. The highest BCUT2D eigenvalue weighted by Gasteiger charge is 2.42. The van der Waals surface area contributed by atoms with Crippen LogP contribution in [0.1, 0.15) is 68.6 Å². The molecule has 0 heterocycles. The van der Waals surface area contributed by atoms with Gasteiger partial charge in [0, 0.05) is 19.8 Å². The van der Waals surface area contributed by atoms with Gasteiger partial charge in [-0.05, 0) is 23.6 Å². The Morgan fingerprint density at radius 1 is 0.900 bits per heavy atom. The number of rotatable bonds is 15. The van der Waals surface area contributed by atoms with Gasteiger partial charge in [0.2, 0.25) is 5.79 Å². The molecule has 2 rings (SSSR count). The van der Waals surface area contributed by atoms with Gasteiger partial charge in [0.1, 0.15) is 6.10 Å². The highest BCUT2D eigenvalue weighted by Crippen LogP contribution is 2.36. The monoisotopic (exact) mass is 410 g/mol. The molecule has 3 heteroatoms. The summed E-state index contributed by atoms with van der Waals surface area (Å²) in [5, 5.41) is 0. The lowest BCUT2D eigenvalue weighted by Gasteiger charge is -2.38. The third kappa shape index (κ3) is 6.80. The highest BCUT2D eigenvalue weighted by molar-refractivity contribution is 5.48. The molecule has 0 fully saturated rings. The Hall–Kier alpha value is -1.94. The SMILES string of the molecule is C=Cc1cccc(C(OC)(OC)C(CCCCCCCC)OCc2ccccc2)c1.